The Hall–Kier alpha value is -3.19. The summed E-state index contributed by atoms with van der Waals surface area (Å²) in [5.41, 5.74) is -0.109. The summed E-state index contributed by atoms with van der Waals surface area (Å²) >= 11 is 2.08. The van der Waals surface area contributed by atoms with Gasteiger partial charge in [0.1, 0.15) is 0 Å². The molecule has 1 aromatic heterocycles. The molecule has 2 aromatic carbocycles. The smallest absolute Gasteiger partial charge is 0.349 e. The van der Waals surface area contributed by atoms with E-state index >= 15 is 0 Å². The van der Waals surface area contributed by atoms with Gasteiger partial charge in [0.2, 0.25) is 0 Å². The molecule has 0 radical (unpaired) electrons. The lowest BCUT2D eigenvalue weighted by atomic mass is 10.2. The third kappa shape index (κ3) is 5.30. The van der Waals surface area contributed by atoms with Crippen molar-refractivity contribution >= 4 is 45.6 Å². The molecule has 1 aliphatic rings. The molecule has 0 spiro atoms. The quantitative estimate of drug-likeness (QED) is 0.338. The number of carbonyl (C=O) groups excluding carboxylic acids is 1. The first kappa shape index (κ1) is 24.0. The van der Waals surface area contributed by atoms with Gasteiger partial charge in [0, 0.05) is 13.1 Å². The summed E-state index contributed by atoms with van der Waals surface area (Å²) in [5, 5.41) is 4.45. The molecule has 0 unspecified atom stereocenters. The molecule has 0 aliphatic carbocycles. The number of aromatic amines is 1. The maximum Gasteiger partial charge on any atom is 0.349 e. The van der Waals surface area contributed by atoms with Gasteiger partial charge in [-0.2, -0.15) is 5.10 Å². The van der Waals surface area contributed by atoms with Crippen LogP contribution in [-0.4, -0.2) is 66.2 Å². The molecule has 0 bridgehead atoms. The van der Waals surface area contributed by atoms with Crippen LogP contribution in [0.3, 0.4) is 0 Å². The molecule has 2 heterocycles. The summed E-state index contributed by atoms with van der Waals surface area (Å²) in [6, 6.07) is 10.2. The Labute approximate surface area is 208 Å². The number of H-pyrrole nitrogens is 1. The van der Waals surface area contributed by atoms with Gasteiger partial charge in [0.15, 0.2) is 18.1 Å². The summed E-state index contributed by atoms with van der Waals surface area (Å²) in [4.78, 5) is 41.8. The molecule has 0 atom stereocenters. The van der Waals surface area contributed by atoms with E-state index in [0.29, 0.717) is 64.4 Å². The summed E-state index contributed by atoms with van der Waals surface area (Å²) in [6.45, 7) is 4.22. The molecule has 3 aromatic rings. The topological polar surface area (TPSA) is 115 Å². The van der Waals surface area contributed by atoms with Crippen molar-refractivity contribution in [2.24, 2.45) is 5.10 Å². The molecule has 11 heteroatoms. The minimum atomic E-state index is -0.638. The van der Waals surface area contributed by atoms with Crippen LogP contribution in [0.15, 0.2) is 51.1 Å². The van der Waals surface area contributed by atoms with Crippen molar-refractivity contribution in [3.8, 4) is 11.5 Å². The first-order valence-corrected chi connectivity index (χ1v) is 11.8. The number of fused-ring (bicyclic) bond motifs is 1. The molecule has 1 amide bonds. The van der Waals surface area contributed by atoms with Crippen LogP contribution < -0.4 is 20.7 Å². The van der Waals surface area contributed by atoms with Crippen LogP contribution >= 0.6 is 22.6 Å². The number of rotatable bonds is 7. The van der Waals surface area contributed by atoms with Crippen LogP contribution in [0.25, 0.3) is 10.9 Å². The van der Waals surface area contributed by atoms with Crippen molar-refractivity contribution in [2.75, 3.05) is 39.5 Å². The first-order chi connectivity index (χ1) is 16.5. The number of nitrogens with zero attached hydrogens (tertiary/aromatic N) is 3. The number of para-hydroxylation sites is 1. The van der Waals surface area contributed by atoms with E-state index in [1.165, 1.54) is 6.21 Å². The van der Waals surface area contributed by atoms with E-state index in [2.05, 4.69) is 32.7 Å². The number of nitrogens with one attached hydrogen (secondary N) is 1. The minimum absolute atomic E-state index is 0.120. The minimum Gasteiger partial charge on any atom is -0.490 e. The fourth-order valence-electron chi connectivity index (χ4n) is 3.49. The molecule has 34 heavy (non-hydrogen) atoms. The van der Waals surface area contributed by atoms with Crippen molar-refractivity contribution in [3.05, 3.63) is 66.4 Å². The highest BCUT2D eigenvalue weighted by atomic mass is 127. The lowest BCUT2D eigenvalue weighted by molar-refractivity contribution is -0.137. The highest BCUT2D eigenvalue weighted by Gasteiger charge is 2.19. The Morgan fingerprint density at radius 1 is 1.21 bits per heavy atom. The number of morpholine rings is 1. The number of halogens is 1. The van der Waals surface area contributed by atoms with Gasteiger partial charge in [0.25, 0.3) is 11.5 Å². The number of hydrogen-bond donors (Lipinski definition) is 1. The zero-order valence-electron chi connectivity index (χ0n) is 18.5. The highest BCUT2D eigenvalue weighted by molar-refractivity contribution is 14.1. The molecule has 1 N–H and O–H groups in total. The van der Waals surface area contributed by atoms with Crippen molar-refractivity contribution in [1.29, 1.82) is 0 Å². The van der Waals surface area contributed by atoms with Gasteiger partial charge >= 0.3 is 5.69 Å². The van der Waals surface area contributed by atoms with Crippen LogP contribution in [0.2, 0.25) is 0 Å². The molecule has 1 saturated heterocycles. The number of carbonyl (C=O) groups is 1. The standard InChI is InChI=1S/C23H23IN4O6/c1-2-33-19-12-15(11-17(24)21(19)34-14-20(29)27-7-9-32-10-8-27)13-25-28-22(30)16-5-3-4-6-18(16)26-23(28)31/h3-6,11-13H,2,7-10,14H2,1H3,(H,26,31). The van der Waals surface area contributed by atoms with Crippen LogP contribution in [0, 0.1) is 3.57 Å². The van der Waals surface area contributed by atoms with Gasteiger partial charge in [-0.05, 0) is 59.3 Å². The first-order valence-electron chi connectivity index (χ1n) is 10.7. The van der Waals surface area contributed by atoms with Gasteiger partial charge < -0.3 is 24.1 Å². The number of ether oxygens (including phenoxy) is 3. The zero-order chi connectivity index (χ0) is 24.1. The van der Waals surface area contributed by atoms with Gasteiger partial charge in [-0.15, -0.1) is 4.68 Å². The largest absolute Gasteiger partial charge is 0.490 e. The average Bonchev–Trinajstić information content (AvgIpc) is 2.84. The SMILES string of the molecule is CCOc1cc(C=Nn2c(=O)[nH]c3ccccc3c2=O)cc(I)c1OCC(=O)N1CCOCC1. The summed E-state index contributed by atoms with van der Waals surface area (Å²) < 4.78 is 18.3. The Morgan fingerprint density at radius 3 is 2.74 bits per heavy atom. The summed E-state index contributed by atoms with van der Waals surface area (Å²) in [6.07, 6.45) is 1.40. The maximum absolute atomic E-state index is 12.7. The molecule has 0 saturated carbocycles. The number of benzene rings is 2. The summed E-state index contributed by atoms with van der Waals surface area (Å²) in [5.74, 6) is 0.759. The van der Waals surface area contributed by atoms with Crippen molar-refractivity contribution in [3.63, 3.8) is 0 Å². The van der Waals surface area contributed by atoms with Crippen LogP contribution in [0.1, 0.15) is 12.5 Å². The second-order valence-electron chi connectivity index (χ2n) is 7.38. The molecule has 4 rings (SSSR count). The predicted octanol–water partition coefficient (Wildman–Crippen LogP) is 1.81. The second-order valence-corrected chi connectivity index (χ2v) is 8.54. The average molecular weight is 578 g/mol. The summed E-state index contributed by atoms with van der Waals surface area (Å²) in [7, 11) is 0. The van der Waals surface area contributed by atoms with E-state index < -0.39 is 11.2 Å². The fourth-order valence-corrected chi connectivity index (χ4v) is 4.27. The molecular formula is C23H23IN4O6. The lowest BCUT2D eigenvalue weighted by Gasteiger charge is -2.27. The van der Waals surface area contributed by atoms with E-state index in [-0.39, 0.29) is 12.5 Å². The maximum atomic E-state index is 12.7. The van der Waals surface area contributed by atoms with Crippen molar-refractivity contribution in [1.82, 2.24) is 14.6 Å². The normalized spacial score (nSPS) is 14.0. The molecule has 1 aliphatic heterocycles. The van der Waals surface area contributed by atoms with E-state index in [9.17, 15) is 14.4 Å². The van der Waals surface area contributed by atoms with E-state index in [1.807, 2.05) is 6.92 Å². The van der Waals surface area contributed by atoms with Gasteiger partial charge in [0.05, 0.1) is 40.5 Å². The fraction of sp³-hybridized carbons (Fsp3) is 0.304. The third-order valence-corrected chi connectivity index (χ3v) is 5.94. The van der Waals surface area contributed by atoms with Gasteiger partial charge in [-0.3, -0.25) is 9.59 Å². The molecule has 178 valence electrons. The number of amides is 1. The second kappa shape index (κ2) is 10.8. The lowest BCUT2D eigenvalue weighted by Crippen LogP contribution is -2.43. The Balaban J connectivity index is 1.58. The van der Waals surface area contributed by atoms with E-state index in [0.717, 1.165) is 4.68 Å². The Morgan fingerprint density at radius 2 is 1.97 bits per heavy atom. The third-order valence-electron chi connectivity index (χ3n) is 5.14. The monoisotopic (exact) mass is 578 g/mol. The predicted molar refractivity (Wildman–Crippen MR) is 135 cm³/mol. The Kier molecular flexibility index (Phi) is 7.63. The molecular weight excluding hydrogens is 555 g/mol. The number of hydrogen-bond acceptors (Lipinski definition) is 7. The van der Waals surface area contributed by atoms with Crippen molar-refractivity contribution < 1.29 is 19.0 Å². The van der Waals surface area contributed by atoms with Crippen LogP contribution in [0.5, 0.6) is 11.5 Å². The van der Waals surface area contributed by atoms with Crippen LogP contribution in [0.4, 0.5) is 0 Å². The van der Waals surface area contributed by atoms with Gasteiger partial charge in [-0.25, -0.2) is 4.79 Å². The van der Waals surface area contributed by atoms with Crippen molar-refractivity contribution in [2.45, 2.75) is 6.92 Å². The highest BCUT2D eigenvalue weighted by Crippen LogP contribution is 2.34. The zero-order valence-corrected chi connectivity index (χ0v) is 20.6. The van der Waals surface area contributed by atoms with E-state index in [1.54, 1.807) is 41.3 Å². The van der Waals surface area contributed by atoms with E-state index in [4.69, 9.17) is 14.2 Å². The number of aromatic nitrogens is 2. The Bertz CT molecular complexity index is 1340. The van der Waals surface area contributed by atoms with Crippen LogP contribution in [-0.2, 0) is 9.53 Å². The molecule has 10 nitrogen and oxygen atoms in total. The van der Waals surface area contributed by atoms with Gasteiger partial charge in [-0.1, -0.05) is 12.1 Å². The molecule has 1 fully saturated rings.